The largest absolute Gasteiger partial charge is 0.497 e. The van der Waals surface area contributed by atoms with Crippen molar-refractivity contribution in [1.29, 1.82) is 0 Å². The van der Waals surface area contributed by atoms with E-state index in [4.69, 9.17) is 4.74 Å². The second-order valence-electron chi connectivity index (χ2n) is 7.98. The number of aryl methyl sites for hydroxylation is 1. The smallest absolute Gasteiger partial charge is 0.257 e. The quantitative estimate of drug-likeness (QED) is 0.555. The molecule has 0 atom stereocenters. The Labute approximate surface area is 194 Å². The van der Waals surface area contributed by atoms with Crippen molar-refractivity contribution < 1.29 is 17.9 Å². The molecule has 0 N–H and O–H groups in total. The third kappa shape index (κ3) is 4.51. The fourth-order valence-corrected chi connectivity index (χ4v) is 5.42. The van der Waals surface area contributed by atoms with E-state index in [9.17, 15) is 13.2 Å². The topological polar surface area (TPSA) is 84.7 Å². The zero-order valence-electron chi connectivity index (χ0n) is 19.1. The fourth-order valence-electron chi connectivity index (χ4n) is 4.00. The minimum absolute atomic E-state index is 0.119. The second-order valence-corrected chi connectivity index (χ2v) is 9.92. The van der Waals surface area contributed by atoms with Gasteiger partial charge in [0.1, 0.15) is 5.75 Å². The van der Waals surface area contributed by atoms with Crippen molar-refractivity contribution in [2.24, 2.45) is 0 Å². The van der Waals surface area contributed by atoms with Crippen LogP contribution in [-0.2, 0) is 16.4 Å². The molecule has 33 heavy (non-hydrogen) atoms. The minimum Gasteiger partial charge on any atom is -0.497 e. The minimum atomic E-state index is -3.63. The van der Waals surface area contributed by atoms with Gasteiger partial charge in [-0.2, -0.15) is 9.40 Å². The van der Waals surface area contributed by atoms with Crippen LogP contribution in [0.2, 0.25) is 0 Å². The summed E-state index contributed by atoms with van der Waals surface area (Å²) in [5.74, 6) is 0.481. The van der Waals surface area contributed by atoms with E-state index < -0.39 is 10.0 Å². The molecule has 2 aromatic carbocycles. The summed E-state index contributed by atoms with van der Waals surface area (Å²) < 4.78 is 34.3. The van der Waals surface area contributed by atoms with Gasteiger partial charge in [-0.1, -0.05) is 24.6 Å². The van der Waals surface area contributed by atoms with Crippen LogP contribution in [0.5, 0.6) is 5.75 Å². The molecule has 3 aromatic rings. The summed E-state index contributed by atoms with van der Waals surface area (Å²) in [6, 6.07) is 14.3. The number of ether oxygens (including phenoxy) is 1. The number of hydrogen-bond acceptors (Lipinski definition) is 5. The van der Waals surface area contributed by atoms with Crippen LogP contribution in [-0.4, -0.2) is 66.6 Å². The lowest BCUT2D eigenvalue weighted by Gasteiger charge is -2.34. The number of sulfonamides is 1. The molecule has 0 saturated carbocycles. The summed E-state index contributed by atoms with van der Waals surface area (Å²) in [7, 11) is -2.09. The van der Waals surface area contributed by atoms with E-state index in [-0.39, 0.29) is 23.9 Å². The lowest BCUT2D eigenvalue weighted by atomic mass is 10.1. The molecule has 1 fully saturated rings. The SMILES string of the molecule is CCc1c(C(=O)N2CCN(S(=O)(=O)c3ccc(OC)cc3)CC2)cnn1-c1ccc(C)cc1. The summed E-state index contributed by atoms with van der Waals surface area (Å²) >= 11 is 0. The normalized spacial score (nSPS) is 14.9. The molecule has 9 heteroatoms. The molecule has 0 bridgehead atoms. The number of carbonyl (C=O) groups excluding carboxylic acids is 1. The Morgan fingerprint density at radius 3 is 2.21 bits per heavy atom. The molecule has 0 spiro atoms. The van der Waals surface area contributed by atoms with Crippen LogP contribution in [0, 0.1) is 6.92 Å². The Morgan fingerprint density at radius 1 is 1.00 bits per heavy atom. The van der Waals surface area contributed by atoms with Crippen LogP contribution in [0.3, 0.4) is 0 Å². The molecule has 0 aliphatic carbocycles. The van der Waals surface area contributed by atoms with Gasteiger partial charge in [0.15, 0.2) is 0 Å². The molecule has 1 saturated heterocycles. The highest BCUT2D eigenvalue weighted by Crippen LogP contribution is 2.23. The lowest BCUT2D eigenvalue weighted by Crippen LogP contribution is -2.50. The van der Waals surface area contributed by atoms with Gasteiger partial charge < -0.3 is 9.64 Å². The number of rotatable bonds is 6. The van der Waals surface area contributed by atoms with Crippen molar-refractivity contribution in [3.8, 4) is 11.4 Å². The monoisotopic (exact) mass is 468 g/mol. The number of benzene rings is 2. The summed E-state index contributed by atoms with van der Waals surface area (Å²) in [5.41, 5.74) is 3.47. The first kappa shape index (κ1) is 23.0. The van der Waals surface area contributed by atoms with Crippen LogP contribution >= 0.6 is 0 Å². The lowest BCUT2D eigenvalue weighted by molar-refractivity contribution is 0.0696. The molecule has 2 heterocycles. The van der Waals surface area contributed by atoms with Crippen molar-refractivity contribution in [1.82, 2.24) is 19.0 Å². The van der Waals surface area contributed by atoms with Gasteiger partial charge in [-0.05, 0) is 49.7 Å². The van der Waals surface area contributed by atoms with Crippen molar-refractivity contribution in [2.45, 2.75) is 25.2 Å². The predicted molar refractivity (Wildman–Crippen MR) is 125 cm³/mol. The summed E-state index contributed by atoms with van der Waals surface area (Å²) in [4.78, 5) is 15.2. The van der Waals surface area contributed by atoms with E-state index >= 15 is 0 Å². The maximum absolute atomic E-state index is 13.3. The highest BCUT2D eigenvalue weighted by atomic mass is 32.2. The Balaban J connectivity index is 1.48. The van der Waals surface area contributed by atoms with Gasteiger partial charge in [0, 0.05) is 26.2 Å². The number of piperazine rings is 1. The number of amides is 1. The molecule has 174 valence electrons. The standard InChI is InChI=1S/C24H28N4O4S/c1-4-23-22(17-25-28(23)19-7-5-18(2)6-8-19)24(29)26-13-15-27(16-14-26)33(30,31)21-11-9-20(32-3)10-12-21/h5-12,17H,4,13-16H2,1-3H3. The van der Waals surface area contributed by atoms with Gasteiger partial charge in [-0.15, -0.1) is 0 Å². The average molecular weight is 469 g/mol. The van der Waals surface area contributed by atoms with Crippen LogP contribution in [0.4, 0.5) is 0 Å². The van der Waals surface area contributed by atoms with Gasteiger partial charge in [0.05, 0.1) is 35.1 Å². The molecule has 0 radical (unpaired) electrons. The number of nitrogens with zero attached hydrogens (tertiary/aromatic N) is 4. The van der Waals surface area contributed by atoms with Crippen molar-refractivity contribution in [2.75, 3.05) is 33.3 Å². The fraction of sp³-hybridized carbons (Fsp3) is 0.333. The number of hydrogen-bond donors (Lipinski definition) is 0. The van der Waals surface area contributed by atoms with Crippen molar-refractivity contribution in [3.63, 3.8) is 0 Å². The second kappa shape index (κ2) is 9.36. The van der Waals surface area contributed by atoms with Gasteiger partial charge in [-0.3, -0.25) is 4.79 Å². The molecule has 0 unspecified atom stereocenters. The van der Waals surface area contributed by atoms with Gasteiger partial charge >= 0.3 is 0 Å². The molecule has 1 aliphatic heterocycles. The molecule has 1 aliphatic rings. The summed E-state index contributed by atoms with van der Waals surface area (Å²) in [5, 5.41) is 4.46. The number of carbonyl (C=O) groups is 1. The highest BCUT2D eigenvalue weighted by molar-refractivity contribution is 7.89. The van der Waals surface area contributed by atoms with Gasteiger partial charge in [0.25, 0.3) is 5.91 Å². The molecule has 1 aromatic heterocycles. The Kier molecular flexibility index (Phi) is 6.53. The zero-order valence-corrected chi connectivity index (χ0v) is 19.9. The van der Waals surface area contributed by atoms with Gasteiger partial charge in [0.2, 0.25) is 10.0 Å². The molecule has 8 nitrogen and oxygen atoms in total. The molecular formula is C24H28N4O4S. The van der Waals surface area contributed by atoms with Crippen molar-refractivity contribution >= 4 is 15.9 Å². The first-order valence-corrected chi connectivity index (χ1v) is 12.4. The van der Waals surface area contributed by atoms with Crippen molar-refractivity contribution in [3.05, 3.63) is 71.5 Å². The number of aromatic nitrogens is 2. The van der Waals surface area contributed by atoms with Crippen LogP contribution in [0.1, 0.15) is 28.5 Å². The Hall–Kier alpha value is -3.17. The summed E-state index contributed by atoms with van der Waals surface area (Å²) in [6.07, 6.45) is 2.27. The van der Waals surface area contributed by atoms with E-state index in [1.165, 1.54) is 11.4 Å². The Bertz CT molecular complexity index is 1230. The summed E-state index contributed by atoms with van der Waals surface area (Å²) in [6.45, 7) is 5.16. The van der Waals surface area contributed by atoms with E-state index in [1.807, 2.05) is 38.1 Å². The molecule has 1 amide bonds. The Morgan fingerprint density at radius 2 is 1.64 bits per heavy atom. The van der Waals surface area contributed by atoms with Crippen LogP contribution in [0.25, 0.3) is 5.69 Å². The van der Waals surface area contributed by atoms with E-state index in [2.05, 4.69) is 5.10 Å². The predicted octanol–water partition coefficient (Wildman–Crippen LogP) is 2.90. The highest BCUT2D eigenvalue weighted by Gasteiger charge is 2.31. The zero-order chi connectivity index (χ0) is 23.6. The van der Waals surface area contributed by atoms with Crippen LogP contribution in [0.15, 0.2) is 59.6 Å². The van der Waals surface area contributed by atoms with E-state index in [0.717, 1.165) is 16.9 Å². The molecular weight excluding hydrogens is 440 g/mol. The number of methoxy groups -OCH3 is 1. The maximum Gasteiger partial charge on any atom is 0.257 e. The molecule has 4 rings (SSSR count). The average Bonchev–Trinajstić information content (AvgIpc) is 3.28. The van der Waals surface area contributed by atoms with E-state index in [0.29, 0.717) is 30.8 Å². The maximum atomic E-state index is 13.3. The first-order chi connectivity index (χ1) is 15.8. The first-order valence-electron chi connectivity index (χ1n) is 10.9. The van der Waals surface area contributed by atoms with Crippen LogP contribution < -0.4 is 4.74 Å². The third-order valence-electron chi connectivity index (χ3n) is 5.94. The third-order valence-corrected chi connectivity index (χ3v) is 7.85. The van der Waals surface area contributed by atoms with E-state index in [1.54, 1.807) is 40.0 Å². The van der Waals surface area contributed by atoms with Gasteiger partial charge in [-0.25, -0.2) is 13.1 Å².